The van der Waals surface area contributed by atoms with Gasteiger partial charge in [-0.1, -0.05) is 18.2 Å². The monoisotopic (exact) mass is 356 g/mol. The number of methoxy groups -OCH3 is 2. The van der Waals surface area contributed by atoms with Crippen LogP contribution in [0.5, 0.6) is 23.0 Å². The van der Waals surface area contributed by atoms with Crippen LogP contribution in [0.15, 0.2) is 42.0 Å². The van der Waals surface area contributed by atoms with Gasteiger partial charge in [0.1, 0.15) is 11.7 Å². The molecule has 0 bridgehead atoms. The maximum absolute atomic E-state index is 9.92. The molecule has 6 heteroatoms. The summed E-state index contributed by atoms with van der Waals surface area (Å²) < 4.78 is 16.3. The molecule has 2 aromatic rings. The predicted octanol–water partition coefficient (Wildman–Crippen LogP) is 2.41. The Bertz CT molecular complexity index is 890. The molecule has 0 spiro atoms. The number of hydrogen-bond donors (Lipinski definition) is 3. The molecule has 0 aromatic heterocycles. The van der Waals surface area contributed by atoms with Crippen LogP contribution in [-0.4, -0.2) is 42.3 Å². The normalized spacial score (nSPS) is 27.6. The van der Waals surface area contributed by atoms with E-state index in [1.54, 1.807) is 36.4 Å². The van der Waals surface area contributed by atoms with Crippen LogP contribution in [0, 0.1) is 5.92 Å². The first-order chi connectivity index (χ1) is 12.5. The Morgan fingerprint density at radius 2 is 1.69 bits per heavy atom. The van der Waals surface area contributed by atoms with E-state index in [4.69, 9.17) is 14.2 Å². The number of benzene rings is 2. The quantitative estimate of drug-likeness (QED) is 0.713. The second kappa shape index (κ2) is 5.93. The molecule has 0 amide bonds. The Morgan fingerprint density at radius 1 is 1.04 bits per heavy atom. The molecule has 1 aliphatic carbocycles. The van der Waals surface area contributed by atoms with Gasteiger partial charge in [0.2, 0.25) is 0 Å². The van der Waals surface area contributed by atoms with Crippen LogP contribution < -0.4 is 9.47 Å². The van der Waals surface area contributed by atoms with Gasteiger partial charge in [-0.05, 0) is 41.0 Å². The Kier molecular flexibility index (Phi) is 3.82. The van der Waals surface area contributed by atoms with Gasteiger partial charge < -0.3 is 29.5 Å². The minimum atomic E-state index is -0.567. The van der Waals surface area contributed by atoms with Gasteiger partial charge in [-0.3, -0.25) is 0 Å². The highest BCUT2D eigenvalue weighted by molar-refractivity contribution is 5.66. The molecule has 26 heavy (non-hydrogen) atoms. The van der Waals surface area contributed by atoms with Crippen molar-refractivity contribution in [2.24, 2.45) is 5.92 Å². The van der Waals surface area contributed by atoms with Gasteiger partial charge >= 0.3 is 0 Å². The highest BCUT2D eigenvalue weighted by atomic mass is 16.6. The summed E-state index contributed by atoms with van der Waals surface area (Å²) in [6.07, 6.45) is 1.84. The molecule has 1 heterocycles. The lowest BCUT2D eigenvalue weighted by atomic mass is 9.66. The average molecular weight is 356 g/mol. The van der Waals surface area contributed by atoms with Crippen LogP contribution in [0.2, 0.25) is 0 Å². The van der Waals surface area contributed by atoms with Crippen molar-refractivity contribution in [3.05, 3.63) is 53.1 Å². The highest BCUT2D eigenvalue weighted by Crippen LogP contribution is 2.68. The van der Waals surface area contributed by atoms with Crippen LogP contribution >= 0.6 is 0 Å². The third-order valence-corrected chi connectivity index (χ3v) is 5.22. The molecule has 4 rings (SSSR count). The number of rotatable bonds is 5. The number of fused-ring (bicyclic) bond motifs is 1. The van der Waals surface area contributed by atoms with Crippen molar-refractivity contribution in [3.8, 4) is 23.0 Å². The molecule has 0 radical (unpaired) electrons. The van der Waals surface area contributed by atoms with E-state index in [2.05, 4.69) is 0 Å². The van der Waals surface area contributed by atoms with E-state index >= 15 is 0 Å². The topological polar surface area (TPSA) is 91.7 Å². The minimum absolute atomic E-state index is 0.0548. The van der Waals surface area contributed by atoms with Crippen molar-refractivity contribution >= 4 is 6.08 Å². The standard InChI is InChI=1S/C20H20O6/c1-24-17-8-11(3-5-15(17)22)7-13-14(10-21)20(19(13)26-20)12-4-6-16(23)18(9-12)25-2/h3-9,14,19,21-23H,10H2,1-2H3/b13-7+/t14-,19-,20+/m1/s1. The molecule has 2 aliphatic rings. The molecular formula is C20H20O6. The largest absolute Gasteiger partial charge is 0.504 e. The predicted molar refractivity (Wildman–Crippen MR) is 94.4 cm³/mol. The molecular weight excluding hydrogens is 336 g/mol. The van der Waals surface area contributed by atoms with Crippen LogP contribution in [0.4, 0.5) is 0 Å². The zero-order valence-corrected chi connectivity index (χ0v) is 14.5. The number of phenols is 2. The molecule has 2 aromatic carbocycles. The van der Waals surface area contributed by atoms with Gasteiger partial charge in [0.05, 0.1) is 20.8 Å². The summed E-state index contributed by atoms with van der Waals surface area (Å²) in [5.41, 5.74) is 2.16. The fourth-order valence-electron chi connectivity index (χ4n) is 3.81. The SMILES string of the molecule is COc1cc(/C=C2\[C@@H](CO)[C@]3(c4ccc(O)c(OC)c4)O[C@H]23)ccc1O. The summed E-state index contributed by atoms with van der Waals surface area (Å²) >= 11 is 0. The van der Waals surface area contributed by atoms with Gasteiger partial charge in [0, 0.05) is 5.92 Å². The smallest absolute Gasteiger partial charge is 0.161 e. The van der Waals surface area contributed by atoms with Gasteiger partial charge in [-0.25, -0.2) is 0 Å². The molecule has 1 saturated carbocycles. The van der Waals surface area contributed by atoms with Crippen molar-refractivity contribution in [2.75, 3.05) is 20.8 Å². The maximum Gasteiger partial charge on any atom is 0.161 e. The van der Waals surface area contributed by atoms with Gasteiger partial charge in [0.15, 0.2) is 23.0 Å². The molecule has 3 N–H and O–H groups in total. The summed E-state index contributed by atoms with van der Waals surface area (Å²) in [6.45, 7) is -0.0548. The van der Waals surface area contributed by atoms with E-state index in [1.807, 2.05) is 6.08 Å². The lowest BCUT2D eigenvalue weighted by Gasteiger charge is -2.34. The third-order valence-electron chi connectivity index (χ3n) is 5.22. The molecule has 1 saturated heterocycles. The van der Waals surface area contributed by atoms with E-state index < -0.39 is 5.60 Å². The van der Waals surface area contributed by atoms with Crippen LogP contribution in [0.1, 0.15) is 11.1 Å². The fourth-order valence-corrected chi connectivity index (χ4v) is 3.81. The second-order valence-electron chi connectivity index (χ2n) is 6.49. The van der Waals surface area contributed by atoms with E-state index in [9.17, 15) is 15.3 Å². The maximum atomic E-state index is 9.92. The summed E-state index contributed by atoms with van der Waals surface area (Å²) in [4.78, 5) is 0. The number of ether oxygens (including phenoxy) is 3. The number of epoxide rings is 1. The number of hydrogen-bond acceptors (Lipinski definition) is 6. The van der Waals surface area contributed by atoms with Crippen molar-refractivity contribution in [1.29, 1.82) is 0 Å². The summed E-state index contributed by atoms with van der Waals surface area (Å²) in [6, 6.07) is 10.2. The van der Waals surface area contributed by atoms with Crippen molar-refractivity contribution in [1.82, 2.24) is 0 Å². The van der Waals surface area contributed by atoms with Crippen molar-refractivity contribution in [2.45, 2.75) is 11.7 Å². The summed E-state index contributed by atoms with van der Waals surface area (Å²) in [5.74, 6) is 0.738. The van der Waals surface area contributed by atoms with Gasteiger partial charge in [-0.2, -0.15) is 0 Å². The first-order valence-corrected chi connectivity index (χ1v) is 8.29. The first kappa shape index (κ1) is 16.8. The van der Waals surface area contributed by atoms with Gasteiger partial charge in [-0.15, -0.1) is 0 Å². The molecule has 3 atom stereocenters. The second-order valence-corrected chi connectivity index (χ2v) is 6.49. The lowest BCUT2D eigenvalue weighted by molar-refractivity contribution is 0.159. The molecule has 136 valence electrons. The van der Waals surface area contributed by atoms with Crippen LogP contribution in [0.3, 0.4) is 0 Å². The van der Waals surface area contributed by atoms with Crippen molar-refractivity contribution in [3.63, 3.8) is 0 Å². The Morgan fingerprint density at radius 3 is 2.35 bits per heavy atom. The Balaban J connectivity index is 1.65. The highest BCUT2D eigenvalue weighted by Gasteiger charge is 2.74. The summed E-state index contributed by atoms with van der Waals surface area (Å²) in [5, 5.41) is 29.4. The van der Waals surface area contributed by atoms with E-state index in [-0.39, 0.29) is 30.1 Å². The Hall–Kier alpha value is -2.70. The molecule has 1 aliphatic heterocycles. The van der Waals surface area contributed by atoms with Gasteiger partial charge in [0.25, 0.3) is 0 Å². The van der Waals surface area contributed by atoms with Crippen LogP contribution in [0.25, 0.3) is 6.08 Å². The molecule has 0 unspecified atom stereocenters. The molecule has 2 fully saturated rings. The fraction of sp³-hybridized carbons (Fsp3) is 0.300. The summed E-state index contributed by atoms with van der Waals surface area (Å²) in [7, 11) is 2.99. The number of phenolic OH excluding ortho intramolecular Hbond substituents is 2. The lowest BCUT2D eigenvalue weighted by Crippen LogP contribution is -2.40. The van der Waals surface area contributed by atoms with E-state index in [0.29, 0.717) is 11.5 Å². The zero-order chi connectivity index (χ0) is 18.5. The average Bonchev–Trinajstić information content (AvgIpc) is 3.31. The van der Waals surface area contributed by atoms with E-state index in [1.165, 1.54) is 14.2 Å². The zero-order valence-electron chi connectivity index (χ0n) is 14.5. The molecule has 6 nitrogen and oxygen atoms in total. The number of aliphatic hydroxyl groups is 1. The van der Waals surface area contributed by atoms with Crippen LogP contribution in [-0.2, 0) is 10.3 Å². The van der Waals surface area contributed by atoms with Crippen molar-refractivity contribution < 1.29 is 29.5 Å². The first-order valence-electron chi connectivity index (χ1n) is 8.29. The third kappa shape index (κ3) is 2.26. The number of aliphatic hydroxyl groups excluding tert-OH is 1. The minimum Gasteiger partial charge on any atom is -0.504 e. The number of aromatic hydroxyl groups is 2. The van der Waals surface area contributed by atoms with E-state index in [0.717, 1.165) is 16.7 Å². The Labute approximate surface area is 150 Å².